The van der Waals surface area contributed by atoms with Gasteiger partial charge in [0.2, 0.25) is 0 Å². The van der Waals surface area contributed by atoms with Gasteiger partial charge in [0, 0.05) is 12.4 Å². The normalized spacial score (nSPS) is 28.9. The number of aryl methyl sites for hydroxylation is 1. The minimum absolute atomic E-state index is 0.365. The van der Waals surface area contributed by atoms with Crippen LogP contribution in [0.4, 0.5) is 0 Å². The summed E-state index contributed by atoms with van der Waals surface area (Å²) in [5.74, 6) is 1.24. The summed E-state index contributed by atoms with van der Waals surface area (Å²) >= 11 is 0. The van der Waals surface area contributed by atoms with E-state index in [0.29, 0.717) is 17.3 Å². The van der Waals surface area contributed by atoms with E-state index in [2.05, 4.69) is 31.8 Å². The molecule has 0 aromatic carbocycles. The second-order valence-corrected chi connectivity index (χ2v) is 4.94. The van der Waals surface area contributed by atoms with Crippen molar-refractivity contribution in [3.8, 4) is 0 Å². The molecular formula is C12H18N2. The Morgan fingerprint density at radius 1 is 1.43 bits per heavy atom. The lowest BCUT2D eigenvalue weighted by atomic mass is 10.0. The van der Waals surface area contributed by atoms with Gasteiger partial charge in [0.1, 0.15) is 0 Å². The Balaban J connectivity index is 2.26. The molecule has 2 heteroatoms. The highest BCUT2D eigenvalue weighted by Crippen LogP contribution is 2.63. The standard InChI is InChI=1S/C12H18N2/c1-8-4-9(7-14-6-8)11-10(5-13)12(11,2)3/h4,6-7,10-11H,5,13H2,1-3H3/t10-,11-/m0/s1. The van der Waals surface area contributed by atoms with Crippen LogP contribution in [-0.2, 0) is 0 Å². The molecule has 1 aliphatic carbocycles. The third kappa shape index (κ3) is 1.34. The molecule has 0 bridgehead atoms. The highest BCUT2D eigenvalue weighted by Gasteiger charge is 2.57. The lowest BCUT2D eigenvalue weighted by Gasteiger charge is -2.03. The van der Waals surface area contributed by atoms with Crippen molar-refractivity contribution in [3.05, 3.63) is 29.6 Å². The van der Waals surface area contributed by atoms with E-state index < -0.39 is 0 Å². The molecule has 1 fully saturated rings. The molecule has 0 spiro atoms. The first-order valence-electron chi connectivity index (χ1n) is 5.19. The molecule has 1 saturated carbocycles. The van der Waals surface area contributed by atoms with Gasteiger partial charge in [-0.15, -0.1) is 0 Å². The van der Waals surface area contributed by atoms with Crippen LogP contribution in [0.5, 0.6) is 0 Å². The van der Waals surface area contributed by atoms with Crippen LogP contribution in [0.25, 0.3) is 0 Å². The summed E-state index contributed by atoms with van der Waals surface area (Å²) in [6.45, 7) is 7.45. The highest BCUT2D eigenvalue weighted by molar-refractivity contribution is 5.31. The summed E-state index contributed by atoms with van der Waals surface area (Å²) in [6.07, 6.45) is 3.88. The van der Waals surface area contributed by atoms with E-state index in [4.69, 9.17) is 5.73 Å². The molecule has 1 aromatic heterocycles. The van der Waals surface area contributed by atoms with Crippen molar-refractivity contribution >= 4 is 0 Å². The number of hydrogen-bond donors (Lipinski definition) is 1. The number of aromatic nitrogens is 1. The first kappa shape index (κ1) is 9.66. The van der Waals surface area contributed by atoms with Crippen LogP contribution < -0.4 is 5.73 Å². The second-order valence-electron chi connectivity index (χ2n) is 4.94. The third-order valence-electron chi connectivity index (χ3n) is 3.56. The highest BCUT2D eigenvalue weighted by atomic mass is 14.7. The first-order chi connectivity index (χ1) is 6.57. The summed E-state index contributed by atoms with van der Waals surface area (Å²) in [5, 5.41) is 0. The largest absolute Gasteiger partial charge is 0.330 e. The van der Waals surface area contributed by atoms with Crippen LogP contribution >= 0.6 is 0 Å². The molecule has 0 radical (unpaired) electrons. The molecule has 14 heavy (non-hydrogen) atoms. The minimum atomic E-state index is 0.365. The quantitative estimate of drug-likeness (QED) is 0.775. The fourth-order valence-electron chi connectivity index (χ4n) is 2.59. The van der Waals surface area contributed by atoms with Gasteiger partial charge >= 0.3 is 0 Å². The van der Waals surface area contributed by atoms with E-state index in [9.17, 15) is 0 Å². The van der Waals surface area contributed by atoms with Crippen LogP contribution in [0.2, 0.25) is 0 Å². The number of pyridine rings is 1. The topological polar surface area (TPSA) is 38.9 Å². The van der Waals surface area contributed by atoms with Crippen LogP contribution in [0.3, 0.4) is 0 Å². The van der Waals surface area contributed by atoms with Crippen LogP contribution in [0.1, 0.15) is 30.9 Å². The Hall–Kier alpha value is -0.890. The fourth-order valence-corrected chi connectivity index (χ4v) is 2.59. The van der Waals surface area contributed by atoms with Crippen molar-refractivity contribution in [1.29, 1.82) is 0 Å². The first-order valence-corrected chi connectivity index (χ1v) is 5.19. The van der Waals surface area contributed by atoms with E-state index in [0.717, 1.165) is 6.54 Å². The summed E-state index contributed by atoms with van der Waals surface area (Å²) < 4.78 is 0. The molecule has 1 aliphatic rings. The molecule has 0 saturated heterocycles. The third-order valence-corrected chi connectivity index (χ3v) is 3.56. The van der Waals surface area contributed by atoms with Crippen molar-refractivity contribution in [2.75, 3.05) is 6.54 Å². The lowest BCUT2D eigenvalue weighted by Crippen LogP contribution is -2.05. The van der Waals surface area contributed by atoms with E-state index in [1.54, 1.807) is 0 Å². The zero-order valence-electron chi connectivity index (χ0n) is 9.12. The molecular weight excluding hydrogens is 172 g/mol. The van der Waals surface area contributed by atoms with Gasteiger partial charge in [-0.05, 0) is 41.8 Å². The van der Waals surface area contributed by atoms with Gasteiger partial charge in [-0.3, -0.25) is 4.98 Å². The lowest BCUT2D eigenvalue weighted by molar-refractivity contribution is 0.558. The Morgan fingerprint density at radius 2 is 2.14 bits per heavy atom. The van der Waals surface area contributed by atoms with Crippen molar-refractivity contribution in [1.82, 2.24) is 4.98 Å². The van der Waals surface area contributed by atoms with Crippen molar-refractivity contribution in [2.24, 2.45) is 17.1 Å². The average molecular weight is 190 g/mol. The Labute approximate surface area is 85.5 Å². The van der Waals surface area contributed by atoms with Crippen LogP contribution in [0, 0.1) is 18.3 Å². The summed E-state index contributed by atoms with van der Waals surface area (Å²) in [5.41, 5.74) is 8.71. The average Bonchev–Trinajstić information content (AvgIpc) is 2.68. The van der Waals surface area contributed by atoms with E-state index >= 15 is 0 Å². The molecule has 2 N–H and O–H groups in total. The molecule has 1 aromatic rings. The number of nitrogens with two attached hydrogens (primary N) is 1. The summed E-state index contributed by atoms with van der Waals surface area (Å²) in [6, 6.07) is 2.23. The number of nitrogens with zero attached hydrogens (tertiary/aromatic N) is 1. The van der Waals surface area contributed by atoms with Gasteiger partial charge < -0.3 is 5.73 Å². The zero-order valence-corrected chi connectivity index (χ0v) is 9.12. The second kappa shape index (κ2) is 3.06. The fraction of sp³-hybridized carbons (Fsp3) is 0.583. The van der Waals surface area contributed by atoms with Crippen LogP contribution in [-0.4, -0.2) is 11.5 Å². The minimum Gasteiger partial charge on any atom is -0.330 e. The molecule has 76 valence electrons. The molecule has 2 rings (SSSR count). The molecule has 0 amide bonds. The zero-order chi connectivity index (χ0) is 10.3. The number of hydrogen-bond acceptors (Lipinski definition) is 2. The van der Waals surface area contributed by atoms with Crippen molar-refractivity contribution in [2.45, 2.75) is 26.7 Å². The van der Waals surface area contributed by atoms with Crippen LogP contribution in [0.15, 0.2) is 18.5 Å². The van der Waals surface area contributed by atoms with E-state index in [-0.39, 0.29) is 0 Å². The summed E-state index contributed by atoms with van der Waals surface area (Å²) in [4.78, 5) is 4.24. The maximum Gasteiger partial charge on any atom is 0.0303 e. The Morgan fingerprint density at radius 3 is 2.64 bits per heavy atom. The maximum atomic E-state index is 5.75. The molecule has 0 aliphatic heterocycles. The van der Waals surface area contributed by atoms with Gasteiger partial charge in [0.15, 0.2) is 0 Å². The SMILES string of the molecule is Cc1cncc([C@H]2[C@H](CN)C2(C)C)c1. The number of rotatable bonds is 2. The molecule has 2 atom stereocenters. The Kier molecular flexibility index (Phi) is 2.11. The predicted molar refractivity (Wildman–Crippen MR) is 58.0 cm³/mol. The van der Waals surface area contributed by atoms with Crippen molar-refractivity contribution < 1.29 is 0 Å². The van der Waals surface area contributed by atoms with E-state index in [1.807, 2.05) is 12.4 Å². The summed E-state index contributed by atoms with van der Waals surface area (Å²) in [7, 11) is 0. The predicted octanol–water partition coefficient (Wildman–Crippen LogP) is 2.09. The van der Waals surface area contributed by atoms with Crippen molar-refractivity contribution in [3.63, 3.8) is 0 Å². The molecule has 2 nitrogen and oxygen atoms in total. The van der Waals surface area contributed by atoms with Gasteiger partial charge in [0.05, 0.1) is 0 Å². The van der Waals surface area contributed by atoms with Gasteiger partial charge in [-0.1, -0.05) is 19.9 Å². The van der Waals surface area contributed by atoms with Gasteiger partial charge in [-0.2, -0.15) is 0 Å². The van der Waals surface area contributed by atoms with Gasteiger partial charge in [-0.25, -0.2) is 0 Å². The smallest absolute Gasteiger partial charge is 0.0303 e. The monoisotopic (exact) mass is 190 g/mol. The maximum absolute atomic E-state index is 5.75. The van der Waals surface area contributed by atoms with Gasteiger partial charge in [0.25, 0.3) is 0 Å². The van der Waals surface area contributed by atoms with E-state index in [1.165, 1.54) is 11.1 Å². The molecule has 1 heterocycles. The Bertz CT molecular complexity index is 344. The molecule has 0 unspecified atom stereocenters.